The minimum absolute atomic E-state index is 0.151. The van der Waals surface area contributed by atoms with Crippen LogP contribution >= 0.6 is 0 Å². The van der Waals surface area contributed by atoms with Crippen LogP contribution in [-0.4, -0.2) is 67.8 Å². The minimum atomic E-state index is 0.151. The van der Waals surface area contributed by atoms with E-state index in [0.717, 1.165) is 12.6 Å². The fourth-order valence-electron chi connectivity index (χ4n) is 3.24. The summed E-state index contributed by atoms with van der Waals surface area (Å²) in [5.74, 6) is 0. The van der Waals surface area contributed by atoms with Gasteiger partial charge in [0.2, 0.25) is 0 Å². The molecule has 2 N–H and O–H groups in total. The topological polar surface area (TPSA) is 41.7 Å². The van der Waals surface area contributed by atoms with E-state index in [9.17, 15) is 0 Å². The lowest BCUT2D eigenvalue weighted by Crippen LogP contribution is -2.60. The Morgan fingerprint density at radius 2 is 2.18 bits per heavy atom. The number of rotatable bonds is 4. The average Bonchev–Trinajstić information content (AvgIpc) is 2.30. The van der Waals surface area contributed by atoms with E-state index in [1.54, 1.807) is 7.11 Å². The smallest absolute Gasteiger partial charge is 0.0626 e. The molecule has 3 atom stereocenters. The highest BCUT2D eigenvalue weighted by Crippen LogP contribution is 2.23. The molecule has 2 heterocycles. The lowest BCUT2D eigenvalue weighted by molar-refractivity contribution is 0.00842. The standard InChI is InChI=1S/C13H27N3O/c1-11-7-15-6-4-3-5-13(15)9-16(11)8-12(14)10-17-2/h11-13H,3-10,14H2,1-2H3. The van der Waals surface area contributed by atoms with Crippen LogP contribution in [0.4, 0.5) is 0 Å². The highest BCUT2D eigenvalue weighted by Gasteiger charge is 2.33. The summed E-state index contributed by atoms with van der Waals surface area (Å²) in [6, 6.07) is 1.56. The number of methoxy groups -OCH3 is 1. The van der Waals surface area contributed by atoms with Gasteiger partial charge in [-0.15, -0.1) is 0 Å². The molecule has 2 rings (SSSR count). The zero-order valence-electron chi connectivity index (χ0n) is 11.3. The summed E-state index contributed by atoms with van der Waals surface area (Å²) in [7, 11) is 1.72. The number of hydrogen-bond donors (Lipinski definition) is 1. The molecule has 2 aliphatic rings. The summed E-state index contributed by atoms with van der Waals surface area (Å²) in [6.45, 7) is 7.66. The molecule has 4 nitrogen and oxygen atoms in total. The molecule has 3 unspecified atom stereocenters. The van der Waals surface area contributed by atoms with Crippen LogP contribution in [0.15, 0.2) is 0 Å². The molecular weight excluding hydrogens is 214 g/mol. The fraction of sp³-hybridized carbons (Fsp3) is 1.00. The van der Waals surface area contributed by atoms with Crippen LogP contribution in [0.25, 0.3) is 0 Å². The third-order valence-electron chi connectivity index (χ3n) is 4.17. The number of nitrogens with two attached hydrogens (primary N) is 1. The molecule has 0 bridgehead atoms. The quantitative estimate of drug-likeness (QED) is 0.779. The van der Waals surface area contributed by atoms with Crippen LogP contribution in [0.1, 0.15) is 26.2 Å². The van der Waals surface area contributed by atoms with Crippen LogP contribution in [0, 0.1) is 0 Å². The first-order valence-corrected chi connectivity index (χ1v) is 6.93. The maximum atomic E-state index is 6.07. The zero-order valence-corrected chi connectivity index (χ0v) is 11.3. The molecule has 17 heavy (non-hydrogen) atoms. The van der Waals surface area contributed by atoms with E-state index < -0.39 is 0 Å². The number of ether oxygens (including phenoxy) is 1. The van der Waals surface area contributed by atoms with Gasteiger partial charge in [-0.05, 0) is 26.3 Å². The molecule has 0 aromatic rings. The van der Waals surface area contributed by atoms with Crippen molar-refractivity contribution in [3.63, 3.8) is 0 Å². The van der Waals surface area contributed by atoms with E-state index in [1.165, 1.54) is 38.9 Å². The van der Waals surface area contributed by atoms with E-state index >= 15 is 0 Å². The summed E-state index contributed by atoms with van der Waals surface area (Å²) in [6.07, 6.45) is 4.14. The van der Waals surface area contributed by atoms with Crippen LogP contribution in [0.3, 0.4) is 0 Å². The van der Waals surface area contributed by atoms with Gasteiger partial charge in [-0.3, -0.25) is 9.80 Å². The van der Waals surface area contributed by atoms with Gasteiger partial charge in [-0.2, -0.15) is 0 Å². The van der Waals surface area contributed by atoms with Gasteiger partial charge in [-0.25, -0.2) is 0 Å². The Bertz CT molecular complexity index is 237. The molecule has 0 aromatic heterocycles. The normalized spacial score (nSPS) is 33.4. The zero-order chi connectivity index (χ0) is 12.3. The molecule has 4 heteroatoms. The van der Waals surface area contributed by atoms with E-state index in [2.05, 4.69) is 16.7 Å². The fourth-order valence-corrected chi connectivity index (χ4v) is 3.24. The van der Waals surface area contributed by atoms with Crippen molar-refractivity contribution in [2.75, 3.05) is 39.9 Å². The Morgan fingerprint density at radius 3 is 2.94 bits per heavy atom. The predicted molar refractivity (Wildman–Crippen MR) is 70.1 cm³/mol. The van der Waals surface area contributed by atoms with Gasteiger partial charge < -0.3 is 10.5 Å². The summed E-state index contributed by atoms with van der Waals surface area (Å²) < 4.78 is 5.12. The monoisotopic (exact) mass is 241 g/mol. The van der Waals surface area contributed by atoms with Crippen molar-refractivity contribution in [1.82, 2.24) is 9.80 Å². The lowest BCUT2D eigenvalue weighted by Gasteiger charge is -2.48. The van der Waals surface area contributed by atoms with Gasteiger partial charge in [0.1, 0.15) is 0 Å². The molecule has 0 radical (unpaired) electrons. The third kappa shape index (κ3) is 3.41. The number of hydrogen-bond acceptors (Lipinski definition) is 4. The minimum Gasteiger partial charge on any atom is -0.383 e. The highest BCUT2D eigenvalue weighted by molar-refractivity contribution is 4.90. The summed E-state index contributed by atoms with van der Waals surface area (Å²) >= 11 is 0. The molecule has 0 aliphatic carbocycles. The first kappa shape index (κ1) is 13.3. The molecule has 100 valence electrons. The Hall–Kier alpha value is -0.160. The summed E-state index contributed by atoms with van der Waals surface area (Å²) in [4.78, 5) is 5.22. The van der Waals surface area contributed by atoms with E-state index in [0.29, 0.717) is 12.6 Å². The Kier molecular flexibility index (Phi) is 4.79. The summed E-state index contributed by atoms with van der Waals surface area (Å²) in [5.41, 5.74) is 6.07. The second kappa shape index (κ2) is 6.14. The molecule has 2 fully saturated rings. The Labute approximate surface area is 105 Å². The van der Waals surface area contributed by atoms with Crippen LogP contribution in [-0.2, 0) is 4.74 Å². The third-order valence-corrected chi connectivity index (χ3v) is 4.17. The van der Waals surface area contributed by atoms with Crippen LogP contribution in [0.5, 0.6) is 0 Å². The van der Waals surface area contributed by atoms with Gasteiger partial charge in [0.15, 0.2) is 0 Å². The van der Waals surface area contributed by atoms with Gasteiger partial charge in [0, 0.05) is 44.9 Å². The van der Waals surface area contributed by atoms with Crippen molar-refractivity contribution in [3.05, 3.63) is 0 Å². The van der Waals surface area contributed by atoms with Crippen molar-refractivity contribution in [2.24, 2.45) is 5.73 Å². The number of piperazine rings is 1. The van der Waals surface area contributed by atoms with Crippen molar-refractivity contribution in [1.29, 1.82) is 0 Å². The predicted octanol–water partition coefficient (Wildman–Crippen LogP) is 0.519. The van der Waals surface area contributed by atoms with Gasteiger partial charge in [0.05, 0.1) is 6.61 Å². The van der Waals surface area contributed by atoms with E-state index in [-0.39, 0.29) is 6.04 Å². The van der Waals surface area contributed by atoms with E-state index in [4.69, 9.17) is 10.5 Å². The molecule has 0 spiro atoms. The Morgan fingerprint density at radius 1 is 1.35 bits per heavy atom. The average molecular weight is 241 g/mol. The maximum absolute atomic E-state index is 6.07. The van der Waals surface area contributed by atoms with E-state index in [1.807, 2.05) is 0 Å². The number of fused-ring (bicyclic) bond motifs is 1. The van der Waals surface area contributed by atoms with Crippen molar-refractivity contribution in [3.8, 4) is 0 Å². The first-order valence-electron chi connectivity index (χ1n) is 6.93. The van der Waals surface area contributed by atoms with Gasteiger partial charge >= 0.3 is 0 Å². The van der Waals surface area contributed by atoms with Crippen LogP contribution < -0.4 is 5.73 Å². The first-order chi connectivity index (χ1) is 8.20. The highest BCUT2D eigenvalue weighted by atomic mass is 16.5. The van der Waals surface area contributed by atoms with Crippen LogP contribution in [0.2, 0.25) is 0 Å². The largest absolute Gasteiger partial charge is 0.383 e. The van der Waals surface area contributed by atoms with Crippen molar-refractivity contribution in [2.45, 2.75) is 44.3 Å². The second-order valence-corrected chi connectivity index (χ2v) is 5.66. The molecule has 0 amide bonds. The SMILES string of the molecule is COCC(N)CN1CC2CCCCN2CC1C. The molecule has 0 saturated carbocycles. The van der Waals surface area contributed by atoms with Crippen molar-refractivity contribution < 1.29 is 4.74 Å². The maximum Gasteiger partial charge on any atom is 0.0626 e. The van der Waals surface area contributed by atoms with Gasteiger partial charge in [0.25, 0.3) is 0 Å². The lowest BCUT2D eigenvalue weighted by atomic mass is 9.97. The Balaban J connectivity index is 1.86. The number of nitrogens with zero attached hydrogens (tertiary/aromatic N) is 2. The molecule has 0 aromatic carbocycles. The van der Waals surface area contributed by atoms with Gasteiger partial charge in [-0.1, -0.05) is 6.42 Å². The summed E-state index contributed by atoms with van der Waals surface area (Å²) in [5, 5.41) is 0. The number of piperidine rings is 1. The molecule has 2 saturated heterocycles. The second-order valence-electron chi connectivity index (χ2n) is 5.66. The molecule has 2 aliphatic heterocycles. The van der Waals surface area contributed by atoms with Crippen molar-refractivity contribution >= 4 is 0 Å². The molecular formula is C13H27N3O.